The van der Waals surface area contributed by atoms with Crippen LogP contribution in [0.5, 0.6) is 0 Å². The van der Waals surface area contributed by atoms with Crippen molar-refractivity contribution in [2.24, 2.45) is 5.92 Å². The van der Waals surface area contributed by atoms with E-state index in [-0.39, 0.29) is 11.8 Å². The average Bonchev–Trinajstić information content (AvgIpc) is 2.91. The van der Waals surface area contributed by atoms with Crippen LogP contribution in [0.1, 0.15) is 73.7 Å². The van der Waals surface area contributed by atoms with Gasteiger partial charge in [-0.2, -0.15) is 0 Å². The molecule has 4 heteroatoms. The summed E-state index contributed by atoms with van der Waals surface area (Å²) < 4.78 is 0. The van der Waals surface area contributed by atoms with E-state index in [2.05, 4.69) is 5.32 Å². The van der Waals surface area contributed by atoms with Crippen LogP contribution in [0.4, 0.5) is 0 Å². The van der Waals surface area contributed by atoms with E-state index in [9.17, 15) is 9.59 Å². The van der Waals surface area contributed by atoms with Crippen LogP contribution < -0.4 is 5.32 Å². The fraction of sp³-hybridized carbons (Fsp3) is 0.636. The summed E-state index contributed by atoms with van der Waals surface area (Å²) in [7, 11) is 0. The number of rotatable bonds is 4. The predicted octanol–water partition coefficient (Wildman–Crippen LogP) is 4.08. The van der Waals surface area contributed by atoms with Crippen LogP contribution >= 0.6 is 0 Å². The number of piperidine rings is 1. The van der Waals surface area contributed by atoms with Crippen LogP contribution in [0.25, 0.3) is 0 Å². The summed E-state index contributed by atoms with van der Waals surface area (Å²) in [4.78, 5) is 26.9. The van der Waals surface area contributed by atoms with Gasteiger partial charge in [-0.15, -0.1) is 0 Å². The van der Waals surface area contributed by atoms with Gasteiger partial charge in [-0.25, -0.2) is 0 Å². The molecule has 3 rings (SSSR count). The lowest BCUT2D eigenvalue weighted by molar-refractivity contribution is -0.123. The van der Waals surface area contributed by atoms with Gasteiger partial charge in [-0.05, 0) is 50.7 Å². The Balaban J connectivity index is 1.42. The lowest BCUT2D eigenvalue weighted by Gasteiger charge is -2.32. The van der Waals surface area contributed by atoms with Crippen LogP contribution in [-0.2, 0) is 4.79 Å². The number of benzene rings is 1. The molecule has 1 aromatic rings. The van der Waals surface area contributed by atoms with Crippen molar-refractivity contribution in [1.29, 1.82) is 0 Å². The minimum Gasteiger partial charge on any atom is -0.353 e. The van der Waals surface area contributed by atoms with Crippen molar-refractivity contribution in [3.8, 4) is 0 Å². The van der Waals surface area contributed by atoms with E-state index in [4.69, 9.17) is 0 Å². The van der Waals surface area contributed by atoms with Crippen molar-refractivity contribution in [1.82, 2.24) is 10.2 Å². The van der Waals surface area contributed by atoms with E-state index in [1.54, 1.807) is 0 Å². The molecule has 4 nitrogen and oxygen atoms in total. The van der Waals surface area contributed by atoms with Crippen LogP contribution in [0, 0.1) is 12.8 Å². The number of carbonyl (C=O) groups is 2. The SMILES string of the molecule is Cc1ccc(C(=O)N2CCC(CC(=O)NC3CCCCCC3)CC2)cc1. The number of nitrogens with zero attached hydrogens (tertiary/aromatic N) is 1. The van der Waals surface area contributed by atoms with Gasteiger partial charge >= 0.3 is 0 Å². The Hall–Kier alpha value is -1.84. The van der Waals surface area contributed by atoms with Crippen LogP contribution in [0.15, 0.2) is 24.3 Å². The number of aryl methyl sites for hydroxylation is 1. The molecule has 0 aromatic heterocycles. The predicted molar refractivity (Wildman–Crippen MR) is 104 cm³/mol. The molecule has 142 valence electrons. The highest BCUT2D eigenvalue weighted by molar-refractivity contribution is 5.94. The Morgan fingerprint density at radius 3 is 2.19 bits per heavy atom. The molecule has 0 unspecified atom stereocenters. The second kappa shape index (κ2) is 9.20. The lowest BCUT2D eigenvalue weighted by Crippen LogP contribution is -2.41. The Bertz CT molecular complexity index is 595. The van der Waals surface area contributed by atoms with Crippen molar-refractivity contribution in [2.45, 2.75) is 70.8 Å². The van der Waals surface area contributed by atoms with E-state index >= 15 is 0 Å². The van der Waals surface area contributed by atoms with Gasteiger partial charge < -0.3 is 10.2 Å². The molecule has 1 heterocycles. The lowest BCUT2D eigenvalue weighted by atomic mass is 9.92. The molecule has 2 aliphatic rings. The minimum atomic E-state index is 0.117. The first-order valence-corrected chi connectivity index (χ1v) is 10.3. The monoisotopic (exact) mass is 356 g/mol. The molecule has 0 atom stereocenters. The highest BCUT2D eigenvalue weighted by Crippen LogP contribution is 2.23. The summed E-state index contributed by atoms with van der Waals surface area (Å²) in [6.07, 6.45) is 9.83. The third-order valence-corrected chi connectivity index (χ3v) is 5.89. The van der Waals surface area contributed by atoms with Crippen molar-refractivity contribution in [3.05, 3.63) is 35.4 Å². The average molecular weight is 357 g/mol. The molecular weight excluding hydrogens is 324 g/mol. The quantitative estimate of drug-likeness (QED) is 0.827. The van der Waals surface area contributed by atoms with E-state index in [0.29, 0.717) is 18.4 Å². The number of hydrogen-bond acceptors (Lipinski definition) is 2. The second-order valence-electron chi connectivity index (χ2n) is 8.06. The fourth-order valence-electron chi connectivity index (χ4n) is 4.19. The normalized spacial score (nSPS) is 19.8. The Labute approximate surface area is 157 Å². The van der Waals surface area contributed by atoms with E-state index in [1.165, 1.54) is 31.2 Å². The first-order chi connectivity index (χ1) is 12.6. The van der Waals surface area contributed by atoms with Crippen LogP contribution in [-0.4, -0.2) is 35.8 Å². The van der Waals surface area contributed by atoms with Gasteiger partial charge in [-0.1, -0.05) is 43.4 Å². The van der Waals surface area contributed by atoms with Gasteiger partial charge in [0.25, 0.3) is 5.91 Å². The molecule has 1 aromatic carbocycles. The second-order valence-corrected chi connectivity index (χ2v) is 8.06. The summed E-state index contributed by atoms with van der Waals surface area (Å²) >= 11 is 0. The molecule has 1 N–H and O–H groups in total. The van der Waals surface area contributed by atoms with Gasteiger partial charge in [0.15, 0.2) is 0 Å². The highest BCUT2D eigenvalue weighted by atomic mass is 16.2. The smallest absolute Gasteiger partial charge is 0.253 e. The standard InChI is InChI=1S/C22H32N2O2/c1-17-8-10-19(11-9-17)22(26)24-14-12-18(13-15-24)16-21(25)23-20-6-4-2-3-5-7-20/h8-11,18,20H,2-7,12-16H2,1H3,(H,23,25). The molecule has 0 spiro atoms. The van der Waals surface area contributed by atoms with Crippen LogP contribution in [0.3, 0.4) is 0 Å². The number of nitrogens with one attached hydrogen (secondary N) is 1. The molecule has 1 saturated heterocycles. The zero-order valence-corrected chi connectivity index (χ0v) is 16.0. The first kappa shape index (κ1) is 18.9. The van der Waals surface area contributed by atoms with E-state index in [0.717, 1.165) is 44.3 Å². The van der Waals surface area contributed by atoms with Crippen molar-refractivity contribution in [3.63, 3.8) is 0 Å². The molecule has 2 fully saturated rings. The van der Waals surface area contributed by atoms with Crippen molar-refractivity contribution in [2.75, 3.05) is 13.1 Å². The zero-order chi connectivity index (χ0) is 18.4. The Morgan fingerprint density at radius 1 is 0.962 bits per heavy atom. The maximum absolute atomic E-state index is 12.6. The number of hydrogen-bond donors (Lipinski definition) is 1. The molecule has 26 heavy (non-hydrogen) atoms. The maximum atomic E-state index is 12.6. The van der Waals surface area contributed by atoms with Gasteiger partial charge in [-0.3, -0.25) is 9.59 Å². The summed E-state index contributed by atoms with van der Waals surface area (Å²) in [5, 5.41) is 3.25. The van der Waals surface area contributed by atoms with Crippen molar-refractivity contribution >= 4 is 11.8 Å². The minimum absolute atomic E-state index is 0.117. The summed E-state index contributed by atoms with van der Waals surface area (Å²) in [5.74, 6) is 0.731. The molecule has 2 amide bonds. The Morgan fingerprint density at radius 2 is 1.58 bits per heavy atom. The zero-order valence-electron chi connectivity index (χ0n) is 16.0. The third kappa shape index (κ3) is 5.33. The molecule has 0 bridgehead atoms. The van der Waals surface area contributed by atoms with Gasteiger partial charge in [0.2, 0.25) is 5.91 Å². The largest absolute Gasteiger partial charge is 0.353 e. The summed E-state index contributed by atoms with van der Waals surface area (Å²) in [6, 6.07) is 8.16. The molecule has 1 saturated carbocycles. The summed E-state index contributed by atoms with van der Waals surface area (Å²) in [6.45, 7) is 3.54. The summed E-state index contributed by atoms with van der Waals surface area (Å²) in [5.41, 5.74) is 1.93. The third-order valence-electron chi connectivity index (χ3n) is 5.89. The van der Waals surface area contributed by atoms with Crippen LogP contribution in [0.2, 0.25) is 0 Å². The maximum Gasteiger partial charge on any atom is 0.253 e. The fourth-order valence-corrected chi connectivity index (χ4v) is 4.19. The highest BCUT2D eigenvalue weighted by Gasteiger charge is 2.25. The molecular formula is C22H32N2O2. The number of amides is 2. The Kier molecular flexibility index (Phi) is 6.70. The number of likely N-dealkylation sites (tertiary alicyclic amines) is 1. The first-order valence-electron chi connectivity index (χ1n) is 10.3. The number of carbonyl (C=O) groups excluding carboxylic acids is 2. The molecule has 1 aliphatic heterocycles. The molecule has 1 aliphatic carbocycles. The van der Waals surface area contributed by atoms with Gasteiger partial charge in [0.05, 0.1) is 0 Å². The van der Waals surface area contributed by atoms with Gasteiger partial charge in [0.1, 0.15) is 0 Å². The van der Waals surface area contributed by atoms with E-state index in [1.807, 2.05) is 36.1 Å². The van der Waals surface area contributed by atoms with Crippen molar-refractivity contribution < 1.29 is 9.59 Å². The van der Waals surface area contributed by atoms with Gasteiger partial charge in [0, 0.05) is 31.1 Å². The molecule has 0 radical (unpaired) electrons. The topological polar surface area (TPSA) is 49.4 Å². The van der Waals surface area contributed by atoms with E-state index < -0.39 is 0 Å².